The van der Waals surface area contributed by atoms with E-state index >= 15 is 0 Å². The molecule has 1 N–H and O–H groups in total. The fourth-order valence-corrected chi connectivity index (χ4v) is 3.67. The van der Waals surface area contributed by atoms with E-state index in [-0.39, 0.29) is 5.57 Å². The second-order valence-electron chi connectivity index (χ2n) is 6.57. The monoisotopic (exact) mass is 418 g/mol. The van der Waals surface area contributed by atoms with E-state index in [0.717, 1.165) is 26.5 Å². The van der Waals surface area contributed by atoms with Crippen LogP contribution in [0.2, 0.25) is 5.02 Å². The Labute approximate surface area is 180 Å². The summed E-state index contributed by atoms with van der Waals surface area (Å²) in [6.45, 7) is 3.92. The number of nitrogens with zero attached hydrogens (tertiary/aromatic N) is 1. The Balaban J connectivity index is 1.72. The van der Waals surface area contributed by atoms with Gasteiger partial charge in [0.1, 0.15) is 11.6 Å². The van der Waals surface area contributed by atoms with Gasteiger partial charge in [0, 0.05) is 20.5 Å². The zero-order valence-electron chi connectivity index (χ0n) is 16.1. The lowest BCUT2D eigenvalue weighted by molar-refractivity contribution is -0.112. The van der Waals surface area contributed by atoms with Crippen molar-refractivity contribution in [3.8, 4) is 6.07 Å². The van der Waals surface area contributed by atoms with E-state index in [1.807, 2.05) is 86.6 Å². The minimum atomic E-state index is -0.418. The zero-order chi connectivity index (χ0) is 20.8. The molecule has 0 aliphatic carbocycles. The molecule has 0 saturated heterocycles. The molecule has 0 radical (unpaired) electrons. The van der Waals surface area contributed by atoms with Gasteiger partial charge in [-0.3, -0.25) is 4.79 Å². The van der Waals surface area contributed by atoms with Gasteiger partial charge in [-0.2, -0.15) is 5.26 Å². The Morgan fingerprint density at radius 1 is 1.00 bits per heavy atom. The summed E-state index contributed by atoms with van der Waals surface area (Å²) < 4.78 is 0. The van der Waals surface area contributed by atoms with Crippen molar-refractivity contribution in [2.45, 2.75) is 23.6 Å². The molecule has 0 atom stereocenters. The Hall–Kier alpha value is -3.00. The lowest BCUT2D eigenvalue weighted by atomic mass is 10.1. The predicted octanol–water partition coefficient (Wildman–Crippen LogP) is 6.65. The van der Waals surface area contributed by atoms with Crippen molar-refractivity contribution in [1.29, 1.82) is 5.26 Å². The van der Waals surface area contributed by atoms with Gasteiger partial charge in [0.15, 0.2) is 0 Å². The first-order chi connectivity index (χ1) is 13.9. The molecule has 0 fully saturated rings. The Bertz CT molecular complexity index is 1100. The van der Waals surface area contributed by atoms with Crippen LogP contribution in [0.3, 0.4) is 0 Å². The topological polar surface area (TPSA) is 52.9 Å². The van der Waals surface area contributed by atoms with Crippen LogP contribution in [0.1, 0.15) is 16.7 Å². The first kappa shape index (κ1) is 20.7. The zero-order valence-corrected chi connectivity index (χ0v) is 17.6. The number of carbonyl (C=O) groups is 1. The molecule has 0 aromatic heterocycles. The summed E-state index contributed by atoms with van der Waals surface area (Å²) in [7, 11) is 0. The van der Waals surface area contributed by atoms with E-state index in [2.05, 4.69) is 5.32 Å². The third kappa shape index (κ3) is 5.74. The molecule has 3 nitrogen and oxygen atoms in total. The number of anilines is 1. The highest BCUT2D eigenvalue weighted by Gasteiger charge is 2.11. The van der Waals surface area contributed by atoms with Crippen LogP contribution in [-0.2, 0) is 4.79 Å². The number of aryl methyl sites for hydroxylation is 2. The standard InChI is InChI=1S/C24H19ClN2OS/c1-16-3-12-23(17(2)13-16)27-24(28)19(15-26)14-18-4-8-21(9-5-18)29-22-10-6-20(25)7-11-22/h3-14H,1-2H3,(H,27,28)/b19-14-. The van der Waals surface area contributed by atoms with Crippen molar-refractivity contribution in [3.63, 3.8) is 0 Å². The number of hydrogen-bond donors (Lipinski definition) is 1. The second kappa shape index (κ2) is 9.47. The summed E-state index contributed by atoms with van der Waals surface area (Å²) in [6, 6.07) is 23.1. The highest BCUT2D eigenvalue weighted by Crippen LogP contribution is 2.29. The third-order valence-corrected chi connectivity index (χ3v) is 5.50. The number of nitrogens with one attached hydrogen (secondary N) is 1. The molecule has 0 aliphatic rings. The molecule has 144 valence electrons. The Kier molecular flexibility index (Phi) is 6.77. The summed E-state index contributed by atoms with van der Waals surface area (Å²) in [5, 5.41) is 12.9. The molecular weight excluding hydrogens is 400 g/mol. The number of carbonyl (C=O) groups excluding carboxylic acids is 1. The number of nitriles is 1. The maximum absolute atomic E-state index is 12.5. The first-order valence-corrected chi connectivity index (χ1v) is 10.2. The molecule has 0 aliphatic heterocycles. The van der Waals surface area contributed by atoms with Gasteiger partial charge in [-0.1, -0.05) is 53.2 Å². The van der Waals surface area contributed by atoms with E-state index in [9.17, 15) is 10.1 Å². The van der Waals surface area contributed by atoms with Crippen LogP contribution < -0.4 is 5.32 Å². The van der Waals surface area contributed by atoms with Gasteiger partial charge in [0.2, 0.25) is 0 Å². The van der Waals surface area contributed by atoms with Crippen LogP contribution >= 0.6 is 23.4 Å². The number of hydrogen-bond acceptors (Lipinski definition) is 3. The van der Waals surface area contributed by atoms with Crippen LogP contribution in [0.4, 0.5) is 5.69 Å². The largest absolute Gasteiger partial charge is 0.321 e. The van der Waals surface area contributed by atoms with Gasteiger partial charge in [0.25, 0.3) is 5.91 Å². The third-order valence-electron chi connectivity index (χ3n) is 4.24. The van der Waals surface area contributed by atoms with Crippen molar-refractivity contribution in [2.75, 3.05) is 5.32 Å². The Morgan fingerprint density at radius 2 is 1.62 bits per heavy atom. The summed E-state index contributed by atoms with van der Waals surface area (Å²) in [5.41, 5.74) is 3.63. The molecule has 29 heavy (non-hydrogen) atoms. The predicted molar refractivity (Wildman–Crippen MR) is 120 cm³/mol. The van der Waals surface area contributed by atoms with E-state index in [4.69, 9.17) is 11.6 Å². The smallest absolute Gasteiger partial charge is 0.266 e. The quantitative estimate of drug-likeness (QED) is 0.372. The van der Waals surface area contributed by atoms with Gasteiger partial charge in [0.05, 0.1) is 0 Å². The number of rotatable bonds is 5. The van der Waals surface area contributed by atoms with Crippen molar-refractivity contribution in [2.24, 2.45) is 0 Å². The average molecular weight is 419 g/mol. The van der Waals surface area contributed by atoms with Gasteiger partial charge in [-0.25, -0.2) is 0 Å². The van der Waals surface area contributed by atoms with E-state index < -0.39 is 5.91 Å². The lowest BCUT2D eigenvalue weighted by Crippen LogP contribution is -2.14. The van der Waals surface area contributed by atoms with Gasteiger partial charge in [-0.05, 0) is 73.5 Å². The summed E-state index contributed by atoms with van der Waals surface area (Å²) in [4.78, 5) is 14.6. The number of benzene rings is 3. The number of amides is 1. The van der Waals surface area contributed by atoms with Crippen LogP contribution in [0.15, 0.2) is 82.1 Å². The normalized spacial score (nSPS) is 11.0. The molecule has 0 saturated carbocycles. The van der Waals surface area contributed by atoms with Gasteiger partial charge < -0.3 is 5.32 Å². The molecule has 1 amide bonds. The molecule has 0 unspecified atom stereocenters. The van der Waals surface area contributed by atoms with Crippen molar-refractivity contribution in [1.82, 2.24) is 0 Å². The lowest BCUT2D eigenvalue weighted by Gasteiger charge is -2.08. The second-order valence-corrected chi connectivity index (χ2v) is 8.15. The van der Waals surface area contributed by atoms with Crippen molar-refractivity contribution >= 4 is 41.0 Å². The average Bonchev–Trinajstić information content (AvgIpc) is 2.71. The molecule has 5 heteroatoms. The highest BCUT2D eigenvalue weighted by molar-refractivity contribution is 7.99. The van der Waals surface area contributed by atoms with Crippen LogP contribution in [0.5, 0.6) is 0 Å². The molecular formula is C24H19ClN2OS. The van der Waals surface area contributed by atoms with Crippen LogP contribution in [-0.4, -0.2) is 5.91 Å². The SMILES string of the molecule is Cc1ccc(NC(=O)/C(C#N)=C\c2ccc(Sc3ccc(Cl)cc3)cc2)c(C)c1. The minimum absolute atomic E-state index is 0.0584. The van der Waals surface area contributed by atoms with E-state index in [1.165, 1.54) is 0 Å². The summed E-state index contributed by atoms with van der Waals surface area (Å²) >= 11 is 7.53. The molecule has 0 heterocycles. The summed E-state index contributed by atoms with van der Waals surface area (Å²) in [6.07, 6.45) is 1.59. The molecule has 3 aromatic rings. The molecule has 0 spiro atoms. The van der Waals surface area contributed by atoms with Crippen molar-refractivity contribution < 1.29 is 4.79 Å². The van der Waals surface area contributed by atoms with E-state index in [1.54, 1.807) is 17.8 Å². The fourth-order valence-electron chi connectivity index (χ4n) is 2.73. The maximum Gasteiger partial charge on any atom is 0.266 e. The Morgan fingerprint density at radius 3 is 2.21 bits per heavy atom. The minimum Gasteiger partial charge on any atom is -0.321 e. The summed E-state index contributed by atoms with van der Waals surface area (Å²) in [5.74, 6) is -0.418. The first-order valence-electron chi connectivity index (χ1n) is 8.98. The molecule has 0 bridgehead atoms. The van der Waals surface area contributed by atoms with Gasteiger partial charge in [-0.15, -0.1) is 0 Å². The molecule has 3 aromatic carbocycles. The molecule has 3 rings (SSSR count). The van der Waals surface area contributed by atoms with Gasteiger partial charge >= 0.3 is 0 Å². The maximum atomic E-state index is 12.5. The van der Waals surface area contributed by atoms with Crippen LogP contribution in [0, 0.1) is 25.2 Å². The fraction of sp³-hybridized carbons (Fsp3) is 0.0833. The van der Waals surface area contributed by atoms with Crippen molar-refractivity contribution in [3.05, 3.63) is 94.0 Å². The highest BCUT2D eigenvalue weighted by atomic mass is 35.5. The number of halogens is 1. The van der Waals surface area contributed by atoms with Crippen LogP contribution in [0.25, 0.3) is 6.08 Å². The van der Waals surface area contributed by atoms with E-state index in [0.29, 0.717) is 10.7 Å².